The minimum Gasteiger partial charge on any atom is -0.394 e. The molecule has 1 unspecified atom stereocenters. The molecule has 2 rings (SSSR count). The van der Waals surface area contributed by atoms with Gasteiger partial charge in [-0.2, -0.15) is 0 Å². The number of aliphatic hydroxyl groups is 2. The molecular formula is C10H12N4O2S. The molecule has 0 aliphatic heterocycles. The summed E-state index contributed by atoms with van der Waals surface area (Å²) in [6, 6.07) is 3.70. The fraction of sp³-hybridized carbons (Fsp3) is 0.300. The van der Waals surface area contributed by atoms with E-state index in [-0.39, 0.29) is 6.61 Å². The van der Waals surface area contributed by atoms with Gasteiger partial charge in [-0.05, 0) is 12.1 Å². The molecule has 0 saturated carbocycles. The molecule has 0 bridgehead atoms. The Balaban J connectivity index is 2.01. The second kappa shape index (κ2) is 5.76. The Morgan fingerprint density at radius 1 is 1.47 bits per heavy atom. The number of pyridine rings is 1. The fourth-order valence-electron chi connectivity index (χ4n) is 1.17. The van der Waals surface area contributed by atoms with Crippen LogP contribution in [0.3, 0.4) is 0 Å². The fourth-order valence-corrected chi connectivity index (χ4v) is 1.88. The molecule has 2 heterocycles. The van der Waals surface area contributed by atoms with Crippen LogP contribution in [0, 0.1) is 0 Å². The first-order chi connectivity index (χ1) is 8.29. The Morgan fingerprint density at radius 3 is 3.06 bits per heavy atom. The highest BCUT2D eigenvalue weighted by Gasteiger charge is 2.08. The van der Waals surface area contributed by atoms with Crippen molar-refractivity contribution >= 4 is 11.8 Å². The number of aromatic amines is 1. The van der Waals surface area contributed by atoms with E-state index in [1.807, 2.05) is 12.1 Å². The van der Waals surface area contributed by atoms with Gasteiger partial charge in [0, 0.05) is 23.7 Å². The van der Waals surface area contributed by atoms with E-state index in [2.05, 4.69) is 20.2 Å². The third kappa shape index (κ3) is 3.26. The predicted molar refractivity (Wildman–Crippen MR) is 63.4 cm³/mol. The average molecular weight is 252 g/mol. The van der Waals surface area contributed by atoms with E-state index >= 15 is 0 Å². The van der Waals surface area contributed by atoms with E-state index < -0.39 is 6.10 Å². The monoisotopic (exact) mass is 252 g/mol. The summed E-state index contributed by atoms with van der Waals surface area (Å²) in [5.41, 5.74) is 0.856. The van der Waals surface area contributed by atoms with E-state index in [9.17, 15) is 5.11 Å². The van der Waals surface area contributed by atoms with E-state index in [0.29, 0.717) is 16.7 Å². The number of H-pyrrole nitrogens is 1. The van der Waals surface area contributed by atoms with Gasteiger partial charge in [-0.3, -0.25) is 10.1 Å². The molecule has 1 atom stereocenters. The third-order valence-corrected chi connectivity index (χ3v) is 3.01. The molecule has 0 aliphatic carbocycles. The third-order valence-electron chi connectivity index (χ3n) is 2.02. The Morgan fingerprint density at radius 2 is 2.35 bits per heavy atom. The summed E-state index contributed by atoms with van der Waals surface area (Å²) in [5.74, 6) is 1.000. The van der Waals surface area contributed by atoms with Gasteiger partial charge in [-0.25, -0.2) is 4.98 Å². The van der Waals surface area contributed by atoms with Crippen LogP contribution < -0.4 is 0 Å². The normalized spacial score (nSPS) is 12.6. The van der Waals surface area contributed by atoms with Gasteiger partial charge in [0.1, 0.15) is 0 Å². The number of rotatable bonds is 5. The van der Waals surface area contributed by atoms with Crippen LogP contribution in [0.25, 0.3) is 11.4 Å². The Hall–Kier alpha value is -1.44. The average Bonchev–Trinajstić information content (AvgIpc) is 2.86. The number of hydrogen-bond donors (Lipinski definition) is 3. The molecule has 17 heavy (non-hydrogen) atoms. The van der Waals surface area contributed by atoms with Crippen molar-refractivity contribution in [3.63, 3.8) is 0 Å². The van der Waals surface area contributed by atoms with Gasteiger partial charge in [0.05, 0.1) is 12.7 Å². The summed E-state index contributed by atoms with van der Waals surface area (Å²) in [4.78, 5) is 8.24. The first-order valence-corrected chi connectivity index (χ1v) is 6.02. The Bertz CT molecular complexity index is 462. The topological polar surface area (TPSA) is 94.9 Å². The molecule has 3 N–H and O–H groups in total. The van der Waals surface area contributed by atoms with Crippen molar-refractivity contribution in [3.05, 3.63) is 24.5 Å². The molecule has 7 heteroatoms. The molecule has 90 valence electrons. The summed E-state index contributed by atoms with van der Waals surface area (Å²) < 4.78 is 0. The molecule has 0 fully saturated rings. The molecule has 0 spiro atoms. The predicted octanol–water partition coefficient (Wildman–Crippen LogP) is 0.312. The van der Waals surface area contributed by atoms with Gasteiger partial charge < -0.3 is 10.2 Å². The SMILES string of the molecule is OCC(O)CSc1n[nH]c(-c2cccnc2)n1. The van der Waals surface area contributed by atoms with Crippen LogP contribution in [-0.2, 0) is 0 Å². The van der Waals surface area contributed by atoms with Gasteiger partial charge in [0.2, 0.25) is 5.16 Å². The summed E-state index contributed by atoms with van der Waals surface area (Å²) in [6.07, 6.45) is 2.63. The standard InChI is InChI=1S/C10H12N4O2S/c15-5-8(16)6-17-10-12-9(13-14-10)7-2-1-3-11-4-7/h1-4,8,15-16H,5-6H2,(H,12,13,14). The lowest BCUT2D eigenvalue weighted by Crippen LogP contribution is -2.14. The quantitative estimate of drug-likeness (QED) is 0.663. The van der Waals surface area contributed by atoms with Crippen LogP contribution in [0.15, 0.2) is 29.7 Å². The minimum atomic E-state index is -0.750. The van der Waals surface area contributed by atoms with Crippen molar-refractivity contribution in [2.45, 2.75) is 11.3 Å². The number of thioether (sulfide) groups is 1. The van der Waals surface area contributed by atoms with E-state index in [0.717, 1.165) is 5.56 Å². The van der Waals surface area contributed by atoms with Crippen LogP contribution in [0.5, 0.6) is 0 Å². The number of aromatic nitrogens is 4. The van der Waals surface area contributed by atoms with Gasteiger partial charge in [0.15, 0.2) is 5.82 Å². The highest BCUT2D eigenvalue weighted by atomic mass is 32.2. The molecule has 0 saturated heterocycles. The lowest BCUT2D eigenvalue weighted by molar-refractivity contribution is 0.113. The first kappa shape index (κ1) is 12.0. The second-order valence-electron chi connectivity index (χ2n) is 3.36. The molecule has 0 radical (unpaired) electrons. The summed E-state index contributed by atoms with van der Waals surface area (Å²) in [5, 5.41) is 25.2. The number of hydrogen-bond acceptors (Lipinski definition) is 6. The molecule has 0 aliphatic rings. The molecule has 2 aromatic rings. The zero-order chi connectivity index (χ0) is 12.1. The largest absolute Gasteiger partial charge is 0.394 e. The Labute approximate surface area is 102 Å². The number of nitrogens with one attached hydrogen (secondary N) is 1. The number of nitrogens with zero attached hydrogens (tertiary/aromatic N) is 3. The van der Waals surface area contributed by atoms with E-state index in [1.54, 1.807) is 12.4 Å². The smallest absolute Gasteiger partial charge is 0.208 e. The van der Waals surface area contributed by atoms with Gasteiger partial charge >= 0.3 is 0 Å². The first-order valence-electron chi connectivity index (χ1n) is 5.04. The van der Waals surface area contributed by atoms with Crippen LogP contribution in [0.4, 0.5) is 0 Å². The van der Waals surface area contributed by atoms with Crippen molar-refractivity contribution in [1.82, 2.24) is 20.2 Å². The van der Waals surface area contributed by atoms with Gasteiger partial charge in [-0.1, -0.05) is 11.8 Å². The maximum Gasteiger partial charge on any atom is 0.208 e. The van der Waals surface area contributed by atoms with Crippen LogP contribution in [-0.4, -0.2) is 48.8 Å². The zero-order valence-electron chi connectivity index (χ0n) is 8.95. The summed E-state index contributed by atoms with van der Waals surface area (Å²) in [7, 11) is 0. The second-order valence-corrected chi connectivity index (χ2v) is 4.34. The van der Waals surface area contributed by atoms with Crippen LogP contribution in [0.2, 0.25) is 0 Å². The van der Waals surface area contributed by atoms with Crippen LogP contribution in [0.1, 0.15) is 0 Å². The summed E-state index contributed by atoms with van der Waals surface area (Å²) in [6.45, 7) is -0.257. The number of aliphatic hydroxyl groups excluding tert-OH is 2. The zero-order valence-corrected chi connectivity index (χ0v) is 9.76. The van der Waals surface area contributed by atoms with Crippen molar-refractivity contribution in [2.75, 3.05) is 12.4 Å². The lowest BCUT2D eigenvalue weighted by atomic mass is 10.3. The van der Waals surface area contributed by atoms with Crippen molar-refractivity contribution in [3.8, 4) is 11.4 Å². The van der Waals surface area contributed by atoms with Crippen molar-refractivity contribution in [1.29, 1.82) is 0 Å². The minimum absolute atomic E-state index is 0.257. The highest BCUT2D eigenvalue weighted by Crippen LogP contribution is 2.18. The van der Waals surface area contributed by atoms with Crippen molar-refractivity contribution in [2.24, 2.45) is 0 Å². The maximum absolute atomic E-state index is 9.20. The Kier molecular flexibility index (Phi) is 4.08. The molecular weight excluding hydrogens is 240 g/mol. The highest BCUT2D eigenvalue weighted by molar-refractivity contribution is 7.99. The lowest BCUT2D eigenvalue weighted by Gasteiger charge is -2.02. The molecule has 0 amide bonds. The van der Waals surface area contributed by atoms with E-state index in [4.69, 9.17) is 5.11 Å². The molecule has 6 nitrogen and oxygen atoms in total. The van der Waals surface area contributed by atoms with Crippen molar-refractivity contribution < 1.29 is 10.2 Å². The van der Waals surface area contributed by atoms with Gasteiger partial charge in [-0.15, -0.1) is 5.10 Å². The van der Waals surface area contributed by atoms with E-state index in [1.165, 1.54) is 11.8 Å². The van der Waals surface area contributed by atoms with Crippen LogP contribution >= 0.6 is 11.8 Å². The molecule has 0 aromatic carbocycles. The summed E-state index contributed by atoms with van der Waals surface area (Å²) >= 11 is 1.28. The molecule has 2 aromatic heterocycles. The maximum atomic E-state index is 9.20. The van der Waals surface area contributed by atoms with Gasteiger partial charge in [0.25, 0.3) is 0 Å².